The van der Waals surface area contributed by atoms with Crippen LogP contribution in [-0.4, -0.2) is 56.9 Å². The van der Waals surface area contributed by atoms with Gasteiger partial charge in [-0.05, 0) is 37.5 Å². The molecule has 0 saturated carbocycles. The number of benzene rings is 2. The van der Waals surface area contributed by atoms with Crippen LogP contribution in [0.3, 0.4) is 0 Å². The number of para-hydroxylation sites is 1. The molecule has 1 saturated heterocycles. The first-order chi connectivity index (χ1) is 17.9. The second kappa shape index (κ2) is 10.6. The Balaban J connectivity index is 1.27. The van der Waals surface area contributed by atoms with E-state index >= 15 is 0 Å². The summed E-state index contributed by atoms with van der Waals surface area (Å²) < 4.78 is 1.77. The molecule has 1 atom stereocenters. The number of fused-ring (bicyclic) bond motifs is 1. The molecule has 0 spiro atoms. The van der Waals surface area contributed by atoms with Gasteiger partial charge in [0.2, 0.25) is 11.8 Å². The molecule has 8 nitrogen and oxygen atoms in total. The molecule has 2 aliphatic heterocycles. The number of piperidine rings is 1. The largest absolute Gasteiger partial charge is 0.338 e. The highest BCUT2D eigenvalue weighted by Gasteiger charge is 2.34. The van der Waals surface area contributed by atoms with Gasteiger partial charge in [0, 0.05) is 56.6 Å². The van der Waals surface area contributed by atoms with Crippen LogP contribution in [0.2, 0.25) is 0 Å². The summed E-state index contributed by atoms with van der Waals surface area (Å²) in [4.78, 5) is 43.2. The van der Waals surface area contributed by atoms with Crippen molar-refractivity contribution in [2.45, 2.75) is 39.2 Å². The second-order valence-corrected chi connectivity index (χ2v) is 10.1. The number of nitrogens with zero attached hydrogens (tertiary/aromatic N) is 4. The van der Waals surface area contributed by atoms with Crippen LogP contribution in [-0.2, 0) is 36.0 Å². The van der Waals surface area contributed by atoms with Crippen LogP contribution >= 0.6 is 0 Å². The number of carbonyl (C=O) groups excluding carboxylic acids is 3. The van der Waals surface area contributed by atoms with E-state index in [0.29, 0.717) is 44.7 Å². The maximum Gasteiger partial charge on any atom is 0.274 e. The summed E-state index contributed by atoms with van der Waals surface area (Å²) in [5.74, 6) is -0.459. The van der Waals surface area contributed by atoms with E-state index in [9.17, 15) is 14.4 Å². The zero-order valence-corrected chi connectivity index (χ0v) is 21.4. The molecular weight excluding hydrogens is 466 g/mol. The molecule has 2 aliphatic rings. The Morgan fingerprint density at radius 2 is 1.76 bits per heavy atom. The van der Waals surface area contributed by atoms with Crippen LogP contribution in [0.25, 0.3) is 0 Å². The molecule has 3 aromatic rings. The molecule has 192 valence electrons. The van der Waals surface area contributed by atoms with Gasteiger partial charge in [-0.25, -0.2) is 0 Å². The minimum Gasteiger partial charge on any atom is -0.338 e. The van der Waals surface area contributed by atoms with Gasteiger partial charge in [-0.15, -0.1) is 0 Å². The zero-order valence-electron chi connectivity index (χ0n) is 21.4. The second-order valence-electron chi connectivity index (χ2n) is 10.1. The van der Waals surface area contributed by atoms with E-state index in [1.807, 2.05) is 73.5 Å². The third-order valence-corrected chi connectivity index (χ3v) is 7.39. The lowest BCUT2D eigenvalue weighted by Gasteiger charge is -2.32. The molecule has 0 radical (unpaired) electrons. The van der Waals surface area contributed by atoms with Crippen molar-refractivity contribution in [3.8, 4) is 0 Å². The fourth-order valence-electron chi connectivity index (χ4n) is 5.26. The number of likely N-dealkylation sites (tertiary alicyclic amines) is 1. The Bertz CT molecular complexity index is 1300. The fourth-order valence-corrected chi connectivity index (χ4v) is 5.26. The number of amides is 3. The van der Waals surface area contributed by atoms with Gasteiger partial charge in [0.25, 0.3) is 5.91 Å². The standard InChI is InChI=1S/C29H33N5O3/c1-20-10-12-21(13-11-20)17-26(35)33-16-14-25-24(19-33)27(31-32(25)2)29(37)34-15-6-7-22(18-34)28(36)30-23-8-4-3-5-9-23/h3-5,8-13,22H,6-7,14-19H2,1-2H3,(H,30,36). The Kier molecular flexibility index (Phi) is 7.08. The van der Waals surface area contributed by atoms with E-state index in [1.165, 1.54) is 0 Å². The smallest absolute Gasteiger partial charge is 0.274 e. The summed E-state index contributed by atoms with van der Waals surface area (Å²) in [7, 11) is 1.85. The molecule has 1 unspecified atom stereocenters. The molecule has 0 bridgehead atoms. The molecule has 1 N–H and O–H groups in total. The number of aryl methyl sites for hydroxylation is 2. The SMILES string of the molecule is Cc1ccc(CC(=O)N2CCc3c(c(C(=O)N4CCCC(C(=O)Nc5ccccc5)C4)nn3C)C2)cc1. The molecule has 1 aromatic heterocycles. The highest BCUT2D eigenvalue weighted by Crippen LogP contribution is 2.26. The van der Waals surface area contributed by atoms with Crippen molar-refractivity contribution in [3.05, 3.63) is 82.7 Å². The number of aromatic nitrogens is 2. The van der Waals surface area contributed by atoms with Crippen molar-refractivity contribution < 1.29 is 14.4 Å². The summed E-state index contributed by atoms with van der Waals surface area (Å²) >= 11 is 0. The van der Waals surface area contributed by atoms with Crippen molar-refractivity contribution in [2.75, 3.05) is 25.0 Å². The van der Waals surface area contributed by atoms with E-state index in [2.05, 4.69) is 10.4 Å². The molecule has 37 heavy (non-hydrogen) atoms. The van der Waals surface area contributed by atoms with E-state index in [1.54, 1.807) is 9.58 Å². The number of nitrogens with one attached hydrogen (secondary N) is 1. The van der Waals surface area contributed by atoms with Crippen LogP contribution in [0, 0.1) is 12.8 Å². The van der Waals surface area contributed by atoms with Crippen LogP contribution in [0.4, 0.5) is 5.69 Å². The van der Waals surface area contributed by atoms with Crippen LogP contribution in [0.15, 0.2) is 54.6 Å². The van der Waals surface area contributed by atoms with Gasteiger partial charge in [0.1, 0.15) is 0 Å². The lowest BCUT2D eigenvalue weighted by Crippen LogP contribution is -2.44. The van der Waals surface area contributed by atoms with Gasteiger partial charge in [0.05, 0.1) is 12.3 Å². The van der Waals surface area contributed by atoms with Crippen molar-refractivity contribution in [1.82, 2.24) is 19.6 Å². The normalized spacial score (nSPS) is 17.3. The minimum absolute atomic E-state index is 0.0485. The van der Waals surface area contributed by atoms with Crippen molar-refractivity contribution in [1.29, 1.82) is 0 Å². The maximum atomic E-state index is 13.6. The maximum absolute atomic E-state index is 13.6. The third-order valence-electron chi connectivity index (χ3n) is 7.39. The highest BCUT2D eigenvalue weighted by atomic mass is 16.2. The highest BCUT2D eigenvalue weighted by molar-refractivity contribution is 5.96. The van der Waals surface area contributed by atoms with Crippen molar-refractivity contribution in [3.63, 3.8) is 0 Å². The first kappa shape index (κ1) is 24.7. The number of hydrogen-bond acceptors (Lipinski definition) is 4. The molecule has 2 aromatic carbocycles. The van der Waals surface area contributed by atoms with E-state index in [4.69, 9.17) is 0 Å². The minimum atomic E-state index is -0.273. The van der Waals surface area contributed by atoms with Gasteiger partial charge in [0.15, 0.2) is 5.69 Å². The van der Waals surface area contributed by atoms with Gasteiger partial charge < -0.3 is 15.1 Å². The molecule has 5 rings (SSSR count). The molecule has 3 heterocycles. The molecule has 3 amide bonds. The zero-order chi connectivity index (χ0) is 25.9. The summed E-state index contributed by atoms with van der Waals surface area (Å²) in [6.45, 7) is 3.96. The topological polar surface area (TPSA) is 87.5 Å². The van der Waals surface area contributed by atoms with Crippen molar-refractivity contribution in [2.24, 2.45) is 13.0 Å². The van der Waals surface area contributed by atoms with Crippen LogP contribution in [0.1, 0.15) is 45.7 Å². The van der Waals surface area contributed by atoms with Crippen molar-refractivity contribution >= 4 is 23.4 Å². The summed E-state index contributed by atoms with van der Waals surface area (Å²) in [6.07, 6.45) is 2.50. The predicted molar refractivity (Wildman–Crippen MR) is 141 cm³/mol. The van der Waals surface area contributed by atoms with Crippen LogP contribution in [0.5, 0.6) is 0 Å². The van der Waals surface area contributed by atoms with Gasteiger partial charge in [-0.3, -0.25) is 19.1 Å². The fraction of sp³-hybridized carbons (Fsp3) is 0.379. The average molecular weight is 500 g/mol. The number of rotatable bonds is 5. The molecule has 1 fully saturated rings. The van der Waals surface area contributed by atoms with E-state index in [0.717, 1.165) is 40.9 Å². The first-order valence-electron chi connectivity index (χ1n) is 12.9. The summed E-state index contributed by atoms with van der Waals surface area (Å²) in [5.41, 5.74) is 5.12. The predicted octanol–water partition coefficient (Wildman–Crippen LogP) is 3.35. The van der Waals surface area contributed by atoms with Gasteiger partial charge >= 0.3 is 0 Å². The summed E-state index contributed by atoms with van der Waals surface area (Å²) in [6, 6.07) is 17.4. The third kappa shape index (κ3) is 5.43. The molecule has 0 aliphatic carbocycles. The molecule has 8 heteroatoms. The summed E-state index contributed by atoms with van der Waals surface area (Å²) in [5, 5.41) is 7.54. The lowest BCUT2D eigenvalue weighted by atomic mass is 9.96. The molecular formula is C29H33N5O3. The van der Waals surface area contributed by atoms with Crippen LogP contribution < -0.4 is 5.32 Å². The Morgan fingerprint density at radius 3 is 2.51 bits per heavy atom. The Labute approximate surface area is 217 Å². The lowest BCUT2D eigenvalue weighted by molar-refractivity contribution is -0.131. The Hall–Kier alpha value is -3.94. The number of anilines is 1. The van der Waals surface area contributed by atoms with E-state index < -0.39 is 0 Å². The van der Waals surface area contributed by atoms with Gasteiger partial charge in [-0.2, -0.15) is 5.10 Å². The monoisotopic (exact) mass is 499 g/mol. The quantitative estimate of drug-likeness (QED) is 0.583. The Morgan fingerprint density at radius 1 is 1.00 bits per heavy atom. The van der Waals surface area contributed by atoms with E-state index in [-0.39, 0.29) is 23.6 Å². The van der Waals surface area contributed by atoms with Gasteiger partial charge in [-0.1, -0.05) is 48.0 Å². The average Bonchev–Trinajstić information content (AvgIpc) is 3.25. The first-order valence-corrected chi connectivity index (χ1v) is 12.9. The number of hydrogen-bond donors (Lipinski definition) is 1. The number of carbonyl (C=O) groups is 3.